The van der Waals surface area contributed by atoms with Crippen molar-refractivity contribution in [1.29, 1.82) is 0 Å². The topological polar surface area (TPSA) is 24.1 Å². The fourth-order valence-electron chi connectivity index (χ4n) is 2.60. The fourth-order valence-corrected chi connectivity index (χ4v) is 2.60. The number of benzene rings is 1. The summed E-state index contributed by atoms with van der Waals surface area (Å²) in [6.45, 7) is 11.8. The van der Waals surface area contributed by atoms with Gasteiger partial charge in [0.2, 0.25) is 0 Å². The zero-order valence-corrected chi connectivity index (χ0v) is 15.6. The lowest BCUT2D eigenvalue weighted by atomic mass is 9.99. The molecule has 0 heterocycles. The third kappa shape index (κ3) is 7.62. The number of rotatable bonds is 10. The highest BCUT2D eigenvalue weighted by atomic mass is 14.9. The molecule has 0 aromatic heterocycles. The van der Waals surface area contributed by atoms with Crippen LogP contribution < -0.4 is 10.6 Å². The van der Waals surface area contributed by atoms with E-state index in [2.05, 4.69) is 74.7 Å². The average Bonchev–Trinajstić information content (AvgIpc) is 2.56. The molecule has 0 aliphatic heterocycles. The monoisotopic (exact) mass is 314 g/mol. The summed E-state index contributed by atoms with van der Waals surface area (Å²) in [6, 6.07) is 8.80. The van der Waals surface area contributed by atoms with Gasteiger partial charge in [-0.25, -0.2) is 0 Å². The molecule has 128 valence electrons. The van der Waals surface area contributed by atoms with E-state index in [1.807, 2.05) is 7.05 Å². The van der Waals surface area contributed by atoms with Crippen molar-refractivity contribution in [2.75, 3.05) is 20.1 Å². The molecule has 2 N–H and O–H groups in total. The van der Waals surface area contributed by atoms with Crippen LogP contribution in [-0.4, -0.2) is 20.1 Å². The lowest BCUT2D eigenvalue weighted by Crippen LogP contribution is -2.22. The van der Waals surface area contributed by atoms with Crippen LogP contribution in [0.5, 0.6) is 0 Å². The second-order valence-electron chi connectivity index (χ2n) is 6.43. The lowest BCUT2D eigenvalue weighted by molar-refractivity contribution is 0.569. The van der Waals surface area contributed by atoms with Gasteiger partial charge >= 0.3 is 0 Å². The summed E-state index contributed by atoms with van der Waals surface area (Å²) in [5.74, 6) is 0.557. The van der Waals surface area contributed by atoms with Crippen molar-refractivity contribution in [3.8, 4) is 0 Å². The first-order valence-corrected chi connectivity index (χ1v) is 8.81. The maximum atomic E-state index is 3.63. The first-order chi connectivity index (χ1) is 11.1. The van der Waals surface area contributed by atoms with Gasteiger partial charge in [-0.15, -0.1) is 0 Å². The Bertz CT molecular complexity index is 514. The molecule has 23 heavy (non-hydrogen) atoms. The van der Waals surface area contributed by atoms with Gasteiger partial charge in [-0.3, -0.25) is 0 Å². The molecule has 0 bridgehead atoms. The van der Waals surface area contributed by atoms with E-state index >= 15 is 0 Å². The maximum absolute atomic E-state index is 3.63. The predicted molar refractivity (Wildman–Crippen MR) is 103 cm³/mol. The SMILES string of the molecule is C/C=C(C)\C=C(/C)C(C)CNCc1ccccc1CCCNC. The second-order valence-corrected chi connectivity index (χ2v) is 6.43. The van der Waals surface area contributed by atoms with E-state index in [9.17, 15) is 0 Å². The molecule has 1 unspecified atom stereocenters. The van der Waals surface area contributed by atoms with Crippen LogP contribution in [-0.2, 0) is 13.0 Å². The van der Waals surface area contributed by atoms with Crippen molar-refractivity contribution in [3.63, 3.8) is 0 Å². The minimum absolute atomic E-state index is 0.557. The zero-order chi connectivity index (χ0) is 17.1. The van der Waals surface area contributed by atoms with E-state index in [4.69, 9.17) is 0 Å². The van der Waals surface area contributed by atoms with Crippen LogP contribution in [0.4, 0.5) is 0 Å². The van der Waals surface area contributed by atoms with Gasteiger partial charge in [0.15, 0.2) is 0 Å². The summed E-state index contributed by atoms with van der Waals surface area (Å²) in [6.07, 6.45) is 6.78. The standard InChI is InChI=1S/C21H34N2/c1-6-17(2)14-18(3)19(4)15-23-16-21-11-8-7-10-20(21)12-9-13-22-5/h6-8,10-11,14,19,22-23H,9,12-13,15-16H2,1-5H3/b17-6-,18-14+. The first kappa shape index (κ1) is 19.7. The van der Waals surface area contributed by atoms with Crippen LogP contribution in [0.1, 0.15) is 45.2 Å². The van der Waals surface area contributed by atoms with Crippen molar-refractivity contribution >= 4 is 0 Å². The largest absolute Gasteiger partial charge is 0.320 e. The Labute approximate surface area is 143 Å². The van der Waals surface area contributed by atoms with E-state index in [1.165, 1.54) is 28.7 Å². The third-order valence-electron chi connectivity index (χ3n) is 4.45. The van der Waals surface area contributed by atoms with Crippen molar-refractivity contribution in [1.82, 2.24) is 10.6 Å². The third-order valence-corrected chi connectivity index (χ3v) is 4.45. The molecule has 0 saturated heterocycles. The second kappa shape index (κ2) is 11.2. The van der Waals surface area contributed by atoms with Gasteiger partial charge in [-0.2, -0.15) is 0 Å². The van der Waals surface area contributed by atoms with E-state index in [1.54, 1.807) is 0 Å². The number of nitrogens with one attached hydrogen (secondary N) is 2. The van der Waals surface area contributed by atoms with E-state index in [-0.39, 0.29) is 0 Å². The molecule has 0 fully saturated rings. The highest BCUT2D eigenvalue weighted by molar-refractivity contribution is 5.27. The number of hydrogen-bond acceptors (Lipinski definition) is 2. The predicted octanol–water partition coefficient (Wildman–Crippen LogP) is 4.48. The Kier molecular flexibility index (Phi) is 9.58. The average molecular weight is 315 g/mol. The van der Waals surface area contributed by atoms with Gasteiger partial charge in [0.25, 0.3) is 0 Å². The minimum Gasteiger partial charge on any atom is -0.320 e. The van der Waals surface area contributed by atoms with Crippen molar-refractivity contribution in [3.05, 3.63) is 58.7 Å². The fraction of sp³-hybridized carbons (Fsp3) is 0.524. The molecule has 0 radical (unpaired) electrons. The number of hydrogen-bond donors (Lipinski definition) is 2. The Morgan fingerprint density at radius 2 is 1.87 bits per heavy atom. The van der Waals surface area contributed by atoms with E-state index in [0.29, 0.717) is 5.92 Å². The quantitative estimate of drug-likeness (QED) is 0.491. The zero-order valence-electron chi connectivity index (χ0n) is 15.6. The molecular formula is C21H34N2. The van der Waals surface area contributed by atoms with Gasteiger partial charge < -0.3 is 10.6 Å². The van der Waals surface area contributed by atoms with Gasteiger partial charge in [0, 0.05) is 13.1 Å². The van der Waals surface area contributed by atoms with Gasteiger partial charge in [0.05, 0.1) is 0 Å². The summed E-state index contributed by atoms with van der Waals surface area (Å²) < 4.78 is 0. The summed E-state index contributed by atoms with van der Waals surface area (Å²) >= 11 is 0. The summed E-state index contributed by atoms with van der Waals surface area (Å²) in [4.78, 5) is 0. The van der Waals surface area contributed by atoms with Gasteiger partial charge in [-0.1, -0.05) is 54.5 Å². The molecule has 2 nitrogen and oxygen atoms in total. The molecule has 0 aliphatic carbocycles. The highest BCUT2D eigenvalue weighted by Gasteiger charge is 2.06. The molecule has 1 aromatic rings. The first-order valence-electron chi connectivity index (χ1n) is 8.81. The summed E-state index contributed by atoms with van der Waals surface area (Å²) in [7, 11) is 2.01. The molecule has 0 saturated carbocycles. The molecule has 0 amide bonds. The number of allylic oxidation sites excluding steroid dienone is 3. The Balaban J connectivity index is 2.50. The van der Waals surface area contributed by atoms with Crippen molar-refractivity contribution in [2.24, 2.45) is 5.92 Å². The van der Waals surface area contributed by atoms with Crippen LogP contribution in [0.15, 0.2) is 47.6 Å². The van der Waals surface area contributed by atoms with Gasteiger partial charge in [0.1, 0.15) is 0 Å². The van der Waals surface area contributed by atoms with E-state index in [0.717, 1.165) is 26.1 Å². The van der Waals surface area contributed by atoms with Crippen LogP contribution in [0.25, 0.3) is 0 Å². The van der Waals surface area contributed by atoms with Crippen LogP contribution >= 0.6 is 0 Å². The Hall–Kier alpha value is -1.38. The Morgan fingerprint density at radius 3 is 2.52 bits per heavy atom. The smallest absolute Gasteiger partial charge is 0.0208 e. The normalized spacial score (nSPS) is 14.1. The molecule has 2 heteroatoms. The van der Waals surface area contributed by atoms with Crippen molar-refractivity contribution in [2.45, 2.75) is 47.1 Å². The summed E-state index contributed by atoms with van der Waals surface area (Å²) in [5.41, 5.74) is 5.68. The highest BCUT2D eigenvalue weighted by Crippen LogP contribution is 2.14. The maximum Gasteiger partial charge on any atom is 0.0208 e. The van der Waals surface area contributed by atoms with E-state index < -0.39 is 0 Å². The Morgan fingerprint density at radius 1 is 1.17 bits per heavy atom. The number of aryl methyl sites for hydroxylation is 1. The molecular weight excluding hydrogens is 280 g/mol. The van der Waals surface area contributed by atoms with Crippen LogP contribution in [0.3, 0.4) is 0 Å². The van der Waals surface area contributed by atoms with Crippen LogP contribution in [0.2, 0.25) is 0 Å². The minimum atomic E-state index is 0.557. The summed E-state index contributed by atoms with van der Waals surface area (Å²) in [5, 5.41) is 6.85. The molecule has 1 rings (SSSR count). The molecule has 0 spiro atoms. The van der Waals surface area contributed by atoms with Crippen LogP contribution in [0, 0.1) is 5.92 Å². The molecule has 0 aliphatic rings. The molecule has 1 atom stereocenters. The van der Waals surface area contributed by atoms with Crippen molar-refractivity contribution < 1.29 is 0 Å². The van der Waals surface area contributed by atoms with Gasteiger partial charge in [-0.05, 0) is 64.3 Å². The molecule has 1 aromatic carbocycles. The lowest BCUT2D eigenvalue weighted by Gasteiger charge is -2.15.